The Kier molecular flexibility index (Phi) is 7.07. The lowest BCUT2D eigenvalue weighted by molar-refractivity contribution is -0.135. The molecule has 2 unspecified atom stereocenters. The fraction of sp³-hybridized carbons (Fsp3) is 0.583. The van der Waals surface area contributed by atoms with E-state index in [0.717, 1.165) is 0 Å². The summed E-state index contributed by atoms with van der Waals surface area (Å²) in [7, 11) is 0. The van der Waals surface area contributed by atoms with Gasteiger partial charge in [-0.15, -0.1) is 0 Å². The minimum Gasteiger partial charge on any atom is -0.480 e. The van der Waals surface area contributed by atoms with E-state index in [1.54, 1.807) is 0 Å². The smallest absolute Gasteiger partial charge is 0.323 e. The second kappa shape index (κ2) is 8.79. The highest BCUT2D eigenvalue weighted by molar-refractivity contribution is 5.80. The first-order chi connectivity index (χ1) is 11.2. The van der Waals surface area contributed by atoms with E-state index >= 15 is 0 Å². The van der Waals surface area contributed by atoms with Crippen LogP contribution in [0, 0.1) is 0 Å². The van der Waals surface area contributed by atoms with Crippen molar-refractivity contribution in [3.63, 3.8) is 0 Å². The molecule has 3 amide bonds. The molecule has 12 nitrogen and oxygen atoms in total. The summed E-state index contributed by atoms with van der Waals surface area (Å²) in [5.74, 6) is -1.85. The second-order valence-corrected chi connectivity index (χ2v) is 5.04. The number of aliphatic hydroxyl groups is 1. The van der Waals surface area contributed by atoms with E-state index in [9.17, 15) is 19.5 Å². The van der Waals surface area contributed by atoms with Gasteiger partial charge in [0, 0.05) is 6.42 Å². The van der Waals surface area contributed by atoms with Gasteiger partial charge in [-0.25, -0.2) is 4.79 Å². The van der Waals surface area contributed by atoms with Crippen LogP contribution in [0.4, 0.5) is 4.79 Å². The number of nitrogens with two attached hydrogens (primary N) is 2. The highest BCUT2D eigenvalue weighted by atomic mass is 16.5. The van der Waals surface area contributed by atoms with Crippen LogP contribution < -0.4 is 22.1 Å². The molecule has 0 fully saturated rings. The number of rotatable bonds is 9. The Morgan fingerprint density at radius 3 is 2.58 bits per heavy atom. The maximum absolute atomic E-state index is 11.7. The first kappa shape index (κ1) is 19.3. The minimum atomic E-state index is -1.22. The monoisotopic (exact) mass is 344 g/mol. The molecule has 0 aliphatic carbocycles. The van der Waals surface area contributed by atoms with Gasteiger partial charge in [0.25, 0.3) is 0 Å². The number of urea groups is 1. The lowest BCUT2D eigenvalue weighted by Gasteiger charge is -2.14. The number of aliphatic hydroxyl groups excluding tert-OH is 1. The third kappa shape index (κ3) is 6.18. The highest BCUT2D eigenvalue weighted by Crippen LogP contribution is 2.19. The number of carboxylic acids is 1. The number of nitrogens with one attached hydrogen (secondary N) is 2. The first-order valence-corrected chi connectivity index (χ1v) is 7.02. The molecule has 0 spiro atoms. The third-order valence-corrected chi connectivity index (χ3v) is 2.96. The number of carboxylic acid groups (broad SMARTS) is 1. The Hall–Kier alpha value is -2.73. The summed E-state index contributed by atoms with van der Waals surface area (Å²) in [5, 5.41) is 26.1. The quantitative estimate of drug-likeness (QED) is 0.296. The summed E-state index contributed by atoms with van der Waals surface area (Å²) in [6.07, 6.45) is -0.947. The zero-order valence-electron chi connectivity index (χ0n) is 12.9. The lowest BCUT2D eigenvalue weighted by Crippen LogP contribution is -2.40. The Morgan fingerprint density at radius 1 is 1.38 bits per heavy atom. The maximum Gasteiger partial charge on any atom is 0.323 e. The van der Waals surface area contributed by atoms with Crippen molar-refractivity contribution in [2.24, 2.45) is 11.5 Å². The molecule has 1 aromatic heterocycles. The largest absolute Gasteiger partial charge is 0.480 e. The van der Waals surface area contributed by atoms with Gasteiger partial charge < -0.3 is 36.8 Å². The van der Waals surface area contributed by atoms with E-state index < -0.39 is 42.6 Å². The first-order valence-electron chi connectivity index (χ1n) is 7.02. The van der Waals surface area contributed by atoms with Crippen molar-refractivity contribution in [3.05, 3.63) is 11.7 Å². The van der Waals surface area contributed by atoms with E-state index in [2.05, 4.69) is 20.8 Å². The average Bonchev–Trinajstić information content (AvgIpc) is 2.97. The van der Waals surface area contributed by atoms with Crippen LogP contribution in [0.5, 0.6) is 0 Å². The van der Waals surface area contributed by atoms with Crippen LogP contribution in [0.1, 0.15) is 43.6 Å². The van der Waals surface area contributed by atoms with Crippen LogP contribution in [-0.2, 0) is 9.59 Å². The number of nitrogens with zero attached hydrogens (tertiary/aromatic N) is 2. The lowest BCUT2D eigenvalue weighted by atomic mass is 10.1. The number of carbonyl (C=O) groups is 3. The van der Waals surface area contributed by atoms with Crippen molar-refractivity contribution in [3.8, 4) is 0 Å². The van der Waals surface area contributed by atoms with E-state index in [4.69, 9.17) is 21.1 Å². The summed E-state index contributed by atoms with van der Waals surface area (Å²) in [5.41, 5.74) is 10.8. The Morgan fingerprint density at radius 2 is 2.04 bits per heavy atom. The number of amides is 3. The van der Waals surface area contributed by atoms with Gasteiger partial charge in [-0.3, -0.25) is 9.59 Å². The van der Waals surface area contributed by atoms with Gasteiger partial charge in [0.1, 0.15) is 12.6 Å². The molecule has 134 valence electrons. The van der Waals surface area contributed by atoms with Gasteiger partial charge in [-0.2, -0.15) is 4.98 Å². The Labute approximate surface area is 136 Å². The zero-order valence-corrected chi connectivity index (χ0v) is 12.9. The summed E-state index contributed by atoms with van der Waals surface area (Å²) < 4.78 is 4.99. The molecule has 1 aromatic rings. The molecule has 12 heteroatoms. The highest BCUT2D eigenvalue weighted by Gasteiger charge is 2.25. The standard InChI is InChI=1S/C12H20N6O6/c1-5(19)9(14)10-17-11(24-18-10)6(2-3-7(13)20)16-12(23)15-4-8(21)22/h5-6,9,19H,2-4,14H2,1H3,(H2,13,20)(H,21,22)(H2,15,16,23)/t5?,6-,9?/m0/s1. The zero-order chi connectivity index (χ0) is 18.3. The summed E-state index contributed by atoms with van der Waals surface area (Å²) in [6.45, 7) is 0.860. The number of hydrogen-bond donors (Lipinski definition) is 6. The maximum atomic E-state index is 11.7. The van der Waals surface area contributed by atoms with Gasteiger partial charge in [-0.05, 0) is 13.3 Å². The normalized spacial score (nSPS) is 14.5. The number of hydrogen-bond acceptors (Lipinski definition) is 8. The average molecular weight is 344 g/mol. The molecule has 24 heavy (non-hydrogen) atoms. The third-order valence-electron chi connectivity index (χ3n) is 2.96. The summed E-state index contributed by atoms with van der Waals surface area (Å²) in [6, 6.07) is -2.57. The molecule has 1 heterocycles. The van der Waals surface area contributed by atoms with Crippen molar-refractivity contribution < 1.29 is 29.1 Å². The van der Waals surface area contributed by atoms with E-state index in [0.29, 0.717) is 0 Å². The van der Waals surface area contributed by atoms with Crippen molar-refractivity contribution in [1.82, 2.24) is 20.8 Å². The van der Waals surface area contributed by atoms with Crippen molar-refractivity contribution >= 4 is 17.9 Å². The van der Waals surface area contributed by atoms with Gasteiger partial charge in [-0.1, -0.05) is 5.16 Å². The fourth-order valence-electron chi connectivity index (χ4n) is 1.65. The molecular formula is C12H20N6O6. The summed E-state index contributed by atoms with van der Waals surface area (Å²) >= 11 is 0. The van der Waals surface area contributed by atoms with Crippen molar-refractivity contribution in [2.45, 2.75) is 38.0 Å². The van der Waals surface area contributed by atoms with E-state index in [1.807, 2.05) is 0 Å². The molecule has 0 radical (unpaired) electrons. The number of aromatic nitrogens is 2. The molecule has 3 atom stereocenters. The molecule has 0 aliphatic rings. The molecule has 0 aromatic carbocycles. The minimum absolute atomic E-state index is 0.0248. The molecule has 0 bridgehead atoms. The van der Waals surface area contributed by atoms with Gasteiger partial charge in [0.2, 0.25) is 11.8 Å². The Bertz CT molecular complexity index is 588. The topological polar surface area (TPSA) is 207 Å². The van der Waals surface area contributed by atoms with E-state index in [-0.39, 0.29) is 24.6 Å². The second-order valence-electron chi connectivity index (χ2n) is 5.04. The van der Waals surface area contributed by atoms with Crippen LogP contribution in [0.15, 0.2) is 4.52 Å². The number of aliphatic carboxylic acids is 1. The Balaban J connectivity index is 2.83. The molecule has 0 saturated carbocycles. The van der Waals surface area contributed by atoms with Crippen LogP contribution in [0.3, 0.4) is 0 Å². The number of primary amides is 1. The predicted molar refractivity (Wildman–Crippen MR) is 78.2 cm³/mol. The van der Waals surface area contributed by atoms with Crippen molar-refractivity contribution in [1.29, 1.82) is 0 Å². The predicted octanol–water partition coefficient (Wildman–Crippen LogP) is -1.86. The molecule has 8 N–H and O–H groups in total. The van der Waals surface area contributed by atoms with Crippen LogP contribution in [0.25, 0.3) is 0 Å². The van der Waals surface area contributed by atoms with Gasteiger partial charge >= 0.3 is 12.0 Å². The molecule has 0 aliphatic heterocycles. The van der Waals surface area contributed by atoms with Crippen LogP contribution >= 0.6 is 0 Å². The molecular weight excluding hydrogens is 324 g/mol. The fourth-order valence-corrected chi connectivity index (χ4v) is 1.65. The molecule has 1 rings (SSSR count). The SMILES string of the molecule is CC(O)C(N)c1noc([C@H](CCC(N)=O)NC(=O)NCC(=O)O)n1. The molecule has 0 saturated heterocycles. The number of carbonyl (C=O) groups excluding carboxylic acids is 2. The van der Waals surface area contributed by atoms with Gasteiger partial charge in [0.15, 0.2) is 5.82 Å². The summed E-state index contributed by atoms with van der Waals surface area (Å²) in [4.78, 5) is 37.0. The van der Waals surface area contributed by atoms with Gasteiger partial charge in [0.05, 0.1) is 12.1 Å². The van der Waals surface area contributed by atoms with Crippen LogP contribution in [-0.4, -0.2) is 50.9 Å². The van der Waals surface area contributed by atoms with Crippen molar-refractivity contribution in [2.75, 3.05) is 6.54 Å². The van der Waals surface area contributed by atoms with E-state index in [1.165, 1.54) is 6.92 Å². The van der Waals surface area contributed by atoms with Crippen LogP contribution in [0.2, 0.25) is 0 Å².